The molecular weight excluding hydrogens is 416 g/mol. The molecule has 1 aromatic heterocycles. The number of aryl methyl sites for hydroxylation is 1. The summed E-state index contributed by atoms with van der Waals surface area (Å²) in [6, 6.07) is 14.7. The number of hydrogen-bond donors (Lipinski definition) is 1. The summed E-state index contributed by atoms with van der Waals surface area (Å²) in [7, 11) is 3.11. The number of carbonyl (C=O) groups is 2. The predicted octanol–water partition coefficient (Wildman–Crippen LogP) is 3.79. The van der Waals surface area contributed by atoms with Crippen LogP contribution in [-0.2, 0) is 16.0 Å². The summed E-state index contributed by atoms with van der Waals surface area (Å²) in [5.41, 5.74) is 3.94. The second-order valence-corrected chi connectivity index (χ2v) is 7.65. The maximum absolute atomic E-state index is 12.8. The number of nitrogens with one attached hydrogen (secondary N) is 1. The molecule has 31 heavy (non-hydrogen) atoms. The number of aromatic nitrogens is 2. The van der Waals surface area contributed by atoms with Crippen molar-refractivity contribution in [3.63, 3.8) is 0 Å². The van der Waals surface area contributed by atoms with Crippen molar-refractivity contribution < 1.29 is 14.3 Å². The molecule has 0 saturated heterocycles. The van der Waals surface area contributed by atoms with E-state index in [2.05, 4.69) is 10.4 Å². The minimum absolute atomic E-state index is 0.0978. The molecule has 1 N–H and O–H groups in total. The van der Waals surface area contributed by atoms with Crippen molar-refractivity contribution in [1.29, 1.82) is 0 Å². The topological polar surface area (TPSA) is 76.5 Å². The molecule has 3 rings (SSSR count). The molecule has 0 fully saturated rings. The highest BCUT2D eigenvalue weighted by molar-refractivity contribution is 6.31. The lowest BCUT2D eigenvalue weighted by molar-refractivity contribution is -0.132. The van der Waals surface area contributed by atoms with Crippen molar-refractivity contribution in [2.24, 2.45) is 0 Å². The van der Waals surface area contributed by atoms with Crippen molar-refractivity contribution in [1.82, 2.24) is 14.7 Å². The number of carbonyl (C=O) groups excluding carboxylic acids is 2. The summed E-state index contributed by atoms with van der Waals surface area (Å²) < 4.78 is 7.06. The second kappa shape index (κ2) is 9.66. The molecule has 3 aromatic rings. The van der Waals surface area contributed by atoms with Gasteiger partial charge in [0, 0.05) is 23.3 Å². The van der Waals surface area contributed by atoms with Gasteiger partial charge in [0.2, 0.25) is 11.8 Å². The van der Waals surface area contributed by atoms with Crippen molar-refractivity contribution in [3.8, 4) is 11.4 Å². The van der Waals surface area contributed by atoms with Crippen LogP contribution in [0.2, 0.25) is 5.02 Å². The number of hydrogen-bond acceptors (Lipinski definition) is 4. The maximum atomic E-state index is 12.8. The standard InChI is InChI=1S/C23H25ClN4O3/c1-15-19(16(2)28(26-15)18-8-6-5-7-9-18)13-23(30)27(3)14-22(29)25-20-12-17(24)10-11-21(20)31-4/h5-12H,13-14H2,1-4H3,(H,25,29). The summed E-state index contributed by atoms with van der Waals surface area (Å²) >= 11 is 6.00. The molecule has 7 nitrogen and oxygen atoms in total. The minimum atomic E-state index is -0.343. The van der Waals surface area contributed by atoms with Gasteiger partial charge in [-0.25, -0.2) is 4.68 Å². The van der Waals surface area contributed by atoms with Crippen LogP contribution in [0.5, 0.6) is 5.75 Å². The van der Waals surface area contributed by atoms with Crippen molar-refractivity contribution >= 4 is 29.1 Å². The molecule has 0 radical (unpaired) electrons. The molecule has 0 saturated carbocycles. The Morgan fingerprint density at radius 1 is 1.16 bits per heavy atom. The Bertz CT molecular complexity index is 1100. The van der Waals surface area contributed by atoms with E-state index < -0.39 is 0 Å². The first-order valence-electron chi connectivity index (χ1n) is 9.78. The normalized spacial score (nSPS) is 10.6. The van der Waals surface area contributed by atoms with Gasteiger partial charge in [0.15, 0.2) is 0 Å². The molecule has 162 valence electrons. The molecule has 1 heterocycles. The lowest BCUT2D eigenvalue weighted by atomic mass is 10.1. The molecule has 0 bridgehead atoms. The summed E-state index contributed by atoms with van der Waals surface area (Å²) in [6.07, 6.45) is 0.161. The van der Waals surface area contributed by atoms with Gasteiger partial charge in [-0.15, -0.1) is 0 Å². The SMILES string of the molecule is COc1ccc(Cl)cc1NC(=O)CN(C)C(=O)Cc1c(C)nn(-c2ccccc2)c1C. The fraction of sp³-hybridized carbons (Fsp3) is 0.261. The number of amides is 2. The van der Waals surface area contributed by atoms with Gasteiger partial charge in [0.1, 0.15) is 5.75 Å². The van der Waals surface area contributed by atoms with Gasteiger partial charge in [-0.05, 0) is 44.2 Å². The zero-order valence-electron chi connectivity index (χ0n) is 18.0. The van der Waals surface area contributed by atoms with E-state index in [1.165, 1.54) is 12.0 Å². The first-order valence-corrected chi connectivity index (χ1v) is 10.2. The van der Waals surface area contributed by atoms with Gasteiger partial charge in [-0.3, -0.25) is 9.59 Å². The smallest absolute Gasteiger partial charge is 0.244 e. The van der Waals surface area contributed by atoms with E-state index in [1.807, 2.05) is 48.9 Å². The second-order valence-electron chi connectivity index (χ2n) is 7.22. The van der Waals surface area contributed by atoms with Crippen molar-refractivity contribution in [2.45, 2.75) is 20.3 Å². The van der Waals surface area contributed by atoms with Crippen LogP contribution in [0.3, 0.4) is 0 Å². The highest BCUT2D eigenvalue weighted by Crippen LogP contribution is 2.27. The van der Waals surface area contributed by atoms with Crippen LogP contribution in [0.15, 0.2) is 48.5 Å². The van der Waals surface area contributed by atoms with E-state index in [9.17, 15) is 9.59 Å². The lowest BCUT2D eigenvalue weighted by Gasteiger charge is -2.18. The van der Waals surface area contributed by atoms with Crippen LogP contribution in [0.1, 0.15) is 17.0 Å². The monoisotopic (exact) mass is 440 g/mol. The molecule has 0 spiro atoms. The Kier molecular flexibility index (Phi) is 6.97. The highest BCUT2D eigenvalue weighted by atomic mass is 35.5. The van der Waals surface area contributed by atoms with E-state index in [4.69, 9.17) is 16.3 Å². The number of benzene rings is 2. The molecule has 2 amide bonds. The van der Waals surface area contributed by atoms with Crippen LogP contribution in [0.4, 0.5) is 5.69 Å². The fourth-order valence-corrected chi connectivity index (χ4v) is 3.48. The quantitative estimate of drug-likeness (QED) is 0.606. The van der Waals surface area contributed by atoms with E-state index in [0.29, 0.717) is 16.5 Å². The number of rotatable bonds is 7. The molecule has 2 aromatic carbocycles. The van der Waals surface area contributed by atoms with Gasteiger partial charge in [-0.1, -0.05) is 29.8 Å². The average molecular weight is 441 g/mol. The summed E-state index contributed by atoms with van der Waals surface area (Å²) in [5.74, 6) is -0.0248. The van der Waals surface area contributed by atoms with Gasteiger partial charge < -0.3 is 15.0 Å². The first-order chi connectivity index (χ1) is 14.8. The third-order valence-electron chi connectivity index (χ3n) is 5.01. The first kappa shape index (κ1) is 22.4. The lowest BCUT2D eigenvalue weighted by Crippen LogP contribution is -2.36. The Labute approximate surface area is 186 Å². The third-order valence-corrected chi connectivity index (χ3v) is 5.25. The maximum Gasteiger partial charge on any atom is 0.244 e. The van der Waals surface area contributed by atoms with Gasteiger partial charge in [0.25, 0.3) is 0 Å². The van der Waals surface area contributed by atoms with Crippen LogP contribution in [0.25, 0.3) is 5.69 Å². The molecule has 0 aliphatic carbocycles. The largest absolute Gasteiger partial charge is 0.495 e. The van der Waals surface area contributed by atoms with E-state index in [-0.39, 0.29) is 24.8 Å². The van der Waals surface area contributed by atoms with Crippen molar-refractivity contribution in [2.75, 3.05) is 26.0 Å². The average Bonchev–Trinajstić information content (AvgIpc) is 3.02. The number of halogens is 1. The molecular formula is C23H25ClN4O3. The van der Waals surface area contributed by atoms with E-state index in [1.54, 1.807) is 25.2 Å². The van der Waals surface area contributed by atoms with E-state index >= 15 is 0 Å². The molecule has 0 atom stereocenters. The minimum Gasteiger partial charge on any atom is -0.495 e. The van der Waals surface area contributed by atoms with E-state index in [0.717, 1.165) is 22.6 Å². The molecule has 0 aliphatic rings. The summed E-state index contributed by atoms with van der Waals surface area (Å²) in [6.45, 7) is 3.72. The number of methoxy groups -OCH3 is 1. The zero-order valence-corrected chi connectivity index (χ0v) is 18.7. The number of anilines is 1. The Balaban J connectivity index is 1.67. The number of para-hydroxylation sites is 1. The Hall–Kier alpha value is -3.32. The summed E-state index contributed by atoms with van der Waals surface area (Å²) in [4.78, 5) is 26.6. The van der Waals surface area contributed by atoms with Crippen LogP contribution in [-0.4, -0.2) is 47.2 Å². The van der Waals surface area contributed by atoms with Crippen LogP contribution >= 0.6 is 11.6 Å². The number of ether oxygens (including phenoxy) is 1. The summed E-state index contributed by atoms with van der Waals surface area (Å²) in [5, 5.41) is 7.79. The van der Waals surface area contributed by atoms with Gasteiger partial charge in [-0.2, -0.15) is 5.10 Å². The predicted molar refractivity (Wildman–Crippen MR) is 121 cm³/mol. The highest BCUT2D eigenvalue weighted by Gasteiger charge is 2.20. The van der Waals surface area contributed by atoms with Gasteiger partial charge >= 0.3 is 0 Å². The van der Waals surface area contributed by atoms with Crippen LogP contribution < -0.4 is 10.1 Å². The Morgan fingerprint density at radius 2 is 1.87 bits per heavy atom. The third kappa shape index (κ3) is 5.24. The number of nitrogens with zero attached hydrogens (tertiary/aromatic N) is 3. The zero-order chi connectivity index (χ0) is 22.5. The number of likely N-dealkylation sites (N-methyl/N-ethyl adjacent to an activating group) is 1. The molecule has 0 aliphatic heterocycles. The molecule has 8 heteroatoms. The Morgan fingerprint density at radius 3 is 2.55 bits per heavy atom. The van der Waals surface area contributed by atoms with Crippen molar-refractivity contribution in [3.05, 3.63) is 70.5 Å². The fourth-order valence-electron chi connectivity index (χ4n) is 3.31. The van der Waals surface area contributed by atoms with Gasteiger partial charge in [0.05, 0.1) is 37.1 Å². The molecule has 0 unspecified atom stereocenters. The van der Waals surface area contributed by atoms with Crippen LogP contribution in [0, 0.1) is 13.8 Å².